The molecule has 0 bridgehead atoms. The van der Waals surface area contributed by atoms with Gasteiger partial charge in [0.05, 0.1) is 0 Å². The Morgan fingerprint density at radius 3 is 2.29 bits per heavy atom. The molecule has 2 rings (SSSR count). The Balaban J connectivity index is 2.28. The molecule has 0 nitrogen and oxygen atoms in total. The smallest absolute Gasteiger partial charge is 0.00576 e. The minimum absolute atomic E-state index is 0.770. The van der Waals surface area contributed by atoms with E-state index in [0.29, 0.717) is 0 Å². The second kappa shape index (κ2) is 5.08. The normalized spacial score (nSPS) is 14.1. The molecule has 0 radical (unpaired) electrons. The maximum Gasteiger partial charge on any atom is -0.00576 e. The molecule has 0 saturated carbocycles. The molecule has 0 N–H and O–H groups in total. The van der Waals surface area contributed by atoms with Gasteiger partial charge in [0.25, 0.3) is 0 Å². The van der Waals surface area contributed by atoms with Crippen LogP contribution in [0.5, 0.6) is 0 Å². The molecule has 0 aliphatic heterocycles. The number of rotatable bonds is 4. The number of allylic oxidation sites excluding steroid dienone is 1. The van der Waals surface area contributed by atoms with E-state index in [2.05, 4.69) is 45.9 Å². The molecule has 17 heavy (non-hydrogen) atoms. The summed E-state index contributed by atoms with van der Waals surface area (Å²) in [7, 11) is 0. The molecule has 0 spiro atoms. The first kappa shape index (κ1) is 12.4. The van der Waals surface area contributed by atoms with E-state index in [1.54, 1.807) is 16.7 Å². The maximum absolute atomic E-state index is 2.44. The summed E-state index contributed by atoms with van der Waals surface area (Å²) < 4.78 is 0. The monoisotopic (exact) mass is 228 g/mol. The molecule has 1 aromatic rings. The highest BCUT2D eigenvalue weighted by molar-refractivity contribution is 5.65. The van der Waals surface area contributed by atoms with Gasteiger partial charge in [0.1, 0.15) is 0 Å². The maximum atomic E-state index is 2.44. The molecule has 92 valence electrons. The predicted molar refractivity (Wildman–Crippen MR) is 76.3 cm³/mol. The molecule has 0 heteroatoms. The van der Waals surface area contributed by atoms with Gasteiger partial charge in [0.15, 0.2) is 0 Å². The van der Waals surface area contributed by atoms with E-state index in [-0.39, 0.29) is 0 Å². The Hall–Kier alpha value is -1.04. The lowest BCUT2D eigenvalue weighted by molar-refractivity contribution is 0.638. The van der Waals surface area contributed by atoms with Crippen molar-refractivity contribution in [1.82, 2.24) is 0 Å². The van der Waals surface area contributed by atoms with Crippen LogP contribution in [0, 0.1) is 5.92 Å². The van der Waals surface area contributed by atoms with Gasteiger partial charge in [-0.15, -0.1) is 0 Å². The third-order valence-corrected chi connectivity index (χ3v) is 3.67. The highest BCUT2D eigenvalue weighted by Gasteiger charge is 2.15. The molecular formula is C17H24. The van der Waals surface area contributed by atoms with E-state index >= 15 is 0 Å². The average Bonchev–Trinajstić information content (AvgIpc) is 2.66. The molecular weight excluding hydrogens is 204 g/mol. The number of fused-ring (bicyclic) bond motifs is 1. The lowest BCUT2D eigenvalue weighted by atomic mass is 9.96. The van der Waals surface area contributed by atoms with Crippen LogP contribution < -0.4 is 0 Å². The van der Waals surface area contributed by atoms with Gasteiger partial charge in [0, 0.05) is 0 Å². The van der Waals surface area contributed by atoms with E-state index in [0.717, 1.165) is 18.8 Å². The quantitative estimate of drug-likeness (QED) is 0.694. The highest BCUT2D eigenvalue weighted by atomic mass is 14.2. The van der Waals surface area contributed by atoms with Crippen molar-refractivity contribution in [3.05, 3.63) is 40.0 Å². The zero-order chi connectivity index (χ0) is 12.4. The van der Waals surface area contributed by atoms with E-state index in [4.69, 9.17) is 0 Å². The Morgan fingerprint density at radius 1 is 1.06 bits per heavy atom. The van der Waals surface area contributed by atoms with Gasteiger partial charge in [-0.2, -0.15) is 0 Å². The van der Waals surface area contributed by atoms with Crippen LogP contribution in [0.1, 0.15) is 56.4 Å². The fourth-order valence-corrected chi connectivity index (χ4v) is 2.88. The van der Waals surface area contributed by atoms with Gasteiger partial charge in [-0.25, -0.2) is 0 Å². The number of aryl methyl sites for hydroxylation is 2. The summed E-state index contributed by atoms with van der Waals surface area (Å²) in [4.78, 5) is 0. The highest BCUT2D eigenvalue weighted by Crippen LogP contribution is 2.31. The minimum atomic E-state index is 0.770. The van der Waals surface area contributed by atoms with Crippen molar-refractivity contribution in [2.75, 3.05) is 0 Å². The Kier molecular flexibility index (Phi) is 3.71. The first-order valence-electron chi connectivity index (χ1n) is 6.98. The van der Waals surface area contributed by atoms with Gasteiger partial charge >= 0.3 is 0 Å². The fraction of sp³-hybridized carbons (Fsp3) is 0.529. The van der Waals surface area contributed by atoms with Crippen molar-refractivity contribution in [1.29, 1.82) is 0 Å². The predicted octanol–water partition coefficient (Wildman–Crippen LogP) is 4.80. The summed E-state index contributed by atoms with van der Waals surface area (Å²) in [6.07, 6.45) is 7.18. The van der Waals surface area contributed by atoms with Crippen molar-refractivity contribution in [2.45, 2.75) is 53.4 Å². The van der Waals surface area contributed by atoms with Crippen molar-refractivity contribution >= 4 is 6.08 Å². The molecule has 0 aromatic heterocycles. The van der Waals surface area contributed by atoms with E-state index in [1.807, 2.05) is 0 Å². The number of benzene rings is 1. The average molecular weight is 228 g/mol. The summed E-state index contributed by atoms with van der Waals surface area (Å²) in [5.41, 5.74) is 7.73. The summed E-state index contributed by atoms with van der Waals surface area (Å²) >= 11 is 0. The number of hydrogen-bond acceptors (Lipinski definition) is 0. The summed E-state index contributed by atoms with van der Waals surface area (Å²) in [6.45, 7) is 9.13. The van der Waals surface area contributed by atoms with E-state index in [9.17, 15) is 0 Å². The molecule has 0 heterocycles. The topological polar surface area (TPSA) is 0 Å². The zero-order valence-electron chi connectivity index (χ0n) is 11.6. The molecule has 0 amide bonds. The lowest BCUT2D eigenvalue weighted by Crippen LogP contribution is -1.95. The van der Waals surface area contributed by atoms with Gasteiger partial charge in [-0.05, 0) is 53.9 Å². The second-order valence-corrected chi connectivity index (χ2v) is 5.60. The molecule has 1 aliphatic carbocycles. The summed E-state index contributed by atoms with van der Waals surface area (Å²) in [6, 6.07) is 4.86. The molecule has 1 aliphatic rings. The third kappa shape index (κ3) is 2.62. The summed E-state index contributed by atoms with van der Waals surface area (Å²) in [5.74, 6) is 0.770. The Labute approximate surface area is 106 Å². The van der Waals surface area contributed by atoms with Crippen molar-refractivity contribution < 1.29 is 0 Å². The van der Waals surface area contributed by atoms with Gasteiger partial charge < -0.3 is 0 Å². The van der Waals surface area contributed by atoms with Crippen molar-refractivity contribution in [3.8, 4) is 0 Å². The molecule has 0 saturated heterocycles. The summed E-state index contributed by atoms with van der Waals surface area (Å²) in [5, 5.41) is 0. The first-order valence-corrected chi connectivity index (χ1v) is 6.98. The molecule has 1 aromatic carbocycles. The first-order chi connectivity index (χ1) is 8.13. The lowest BCUT2D eigenvalue weighted by Gasteiger charge is -2.09. The number of hydrogen-bond donors (Lipinski definition) is 0. The Morgan fingerprint density at radius 2 is 1.71 bits per heavy atom. The largest absolute Gasteiger partial charge is 0.0649 e. The van der Waals surface area contributed by atoms with Crippen LogP contribution in [-0.2, 0) is 19.3 Å². The van der Waals surface area contributed by atoms with Crippen molar-refractivity contribution in [2.24, 2.45) is 5.92 Å². The molecule has 0 atom stereocenters. The SMILES string of the molecule is CCc1cc2c(cc1CC)CC(CC(C)C)=C2. The zero-order valence-corrected chi connectivity index (χ0v) is 11.6. The van der Waals surface area contributed by atoms with Crippen LogP contribution >= 0.6 is 0 Å². The third-order valence-electron chi connectivity index (χ3n) is 3.67. The Bertz CT molecular complexity index is 436. The second-order valence-electron chi connectivity index (χ2n) is 5.60. The molecule has 0 unspecified atom stereocenters. The van der Waals surface area contributed by atoms with Crippen molar-refractivity contribution in [3.63, 3.8) is 0 Å². The van der Waals surface area contributed by atoms with Crippen LogP contribution in [0.2, 0.25) is 0 Å². The van der Waals surface area contributed by atoms with Crippen LogP contribution in [0.15, 0.2) is 17.7 Å². The van der Waals surface area contributed by atoms with E-state index in [1.165, 1.54) is 24.0 Å². The minimum Gasteiger partial charge on any atom is -0.0649 e. The van der Waals surface area contributed by atoms with Crippen LogP contribution in [-0.4, -0.2) is 0 Å². The van der Waals surface area contributed by atoms with Crippen LogP contribution in [0.3, 0.4) is 0 Å². The van der Waals surface area contributed by atoms with E-state index < -0.39 is 0 Å². The van der Waals surface area contributed by atoms with Crippen LogP contribution in [0.25, 0.3) is 6.08 Å². The van der Waals surface area contributed by atoms with Gasteiger partial charge in [0.2, 0.25) is 0 Å². The standard InChI is InChI=1S/C17H24/c1-5-14-10-16-8-13(7-12(3)4)9-17(16)11-15(14)6-2/h8,10-12H,5-7,9H2,1-4H3. The molecule has 0 fully saturated rings. The van der Waals surface area contributed by atoms with Gasteiger partial charge in [-0.1, -0.05) is 51.5 Å². The van der Waals surface area contributed by atoms with Gasteiger partial charge in [-0.3, -0.25) is 0 Å². The fourth-order valence-electron chi connectivity index (χ4n) is 2.88. The van der Waals surface area contributed by atoms with Crippen LogP contribution in [0.4, 0.5) is 0 Å².